The van der Waals surface area contributed by atoms with Crippen LogP contribution in [-0.2, 0) is 16.0 Å². The van der Waals surface area contributed by atoms with Crippen molar-refractivity contribution in [1.29, 1.82) is 0 Å². The number of carbonyl (C=O) groups excluding carboxylic acids is 1. The van der Waals surface area contributed by atoms with E-state index >= 15 is 0 Å². The minimum Gasteiger partial charge on any atom is -0.481 e. The van der Waals surface area contributed by atoms with Crippen molar-refractivity contribution in [3.63, 3.8) is 0 Å². The van der Waals surface area contributed by atoms with Gasteiger partial charge in [0.05, 0.1) is 6.42 Å². The largest absolute Gasteiger partial charge is 0.481 e. The van der Waals surface area contributed by atoms with Crippen LogP contribution in [0.2, 0.25) is 0 Å². The molecule has 0 aromatic carbocycles. The molecule has 0 spiro atoms. The van der Waals surface area contributed by atoms with Gasteiger partial charge in [-0.05, 0) is 30.7 Å². The zero-order valence-electron chi connectivity index (χ0n) is 10.4. The number of carboxylic acids is 1. The molecule has 0 fully saturated rings. The van der Waals surface area contributed by atoms with E-state index in [0.29, 0.717) is 6.42 Å². The third-order valence-corrected chi connectivity index (χ3v) is 3.50. The third-order valence-electron chi connectivity index (χ3n) is 2.57. The van der Waals surface area contributed by atoms with Gasteiger partial charge in [0.25, 0.3) is 0 Å². The number of unbranched alkanes of at least 4 members (excludes halogenated alkanes) is 2. The molecule has 0 aliphatic carbocycles. The predicted octanol–water partition coefficient (Wildman–Crippen LogP) is 2.44. The highest BCUT2D eigenvalue weighted by Gasteiger charge is 2.02. The highest BCUT2D eigenvalue weighted by molar-refractivity contribution is 7.09. The molecule has 1 rings (SSSR count). The number of hydrogen-bond acceptors (Lipinski definition) is 3. The Bertz CT molecular complexity index is 362. The maximum absolute atomic E-state index is 11.3. The molecule has 0 atom stereocenters. The number of aliphatic carboxylic acids is 1. The predicted molar refractivity (Wildman–Crippen MR) is 71.8 cm³/mol. The van der Waals surface area contributed by atoms with Crippen molar-refractivity contribution in [3.8, 4) is 0 Å². The highest BCUT2D eigenvalue weighted by Crippen LogP contribution is 2.13. The summed E-state index contributed by atoms with van der Waals surface area (Å²) in [6.07, 6.45) is 4.56. The number of carboxylic acid groups (broad SMARTS) is 1. The van der Waals surface area contributed by atoms with Crippen molar-refractivity contribution in [2.45, 2.75) is 38.5 Å². The van der Waals surface area contributed by atoms with Gasteiger partial charge in [-0.15, -0.1) is 11.3 Å². The minimum absolute atomic E-state index is 0.00980. The molecule has 18 heavy (non-hydrogen) atoms. The Morgan fingerprint density at radius 2 is 2.06 bits per heavy atom. The van der Waals surface area contributed by atoms with E-state index < -0.39 is 5.97 Å². The van der Waals surface area contributed by atoms with Gasteiger partial charge in [-0.2, -0.15) is 0 Å². The summed E-state index contributed by atoms with van der Waals surface area (Å²) >= 11 is 1.77. The van der Waals surface area contributed by atoms with E-state index in [2.05, 4.69) is 22.8 Å². The second-order valence-corrected chi connectivity index (χ2v) is 5.17. The number of aryl methyl sites for hydroxylation is 1. The number of rotatable bonds is 9. The molecule has 0 aliphatic rings. The fourth-order valence-corrected chi connectivity index (χ4v) is 2.36. The lowest BCUT2D eigenvalue weighted by molar-refractivity contribution is -0.136. The van der Waals surface area contributed by atoms with Gasteiger partial charge in [-0.3, -0.25) is 9.59 Å². The van der Waals surface area contributed by atoms with Crippen molar-refractivity contribution in [3.05, 3.63) is 22.4 Å². The Hall–Kier alpha value is -1.36. The summed E-state index contributed by atoms with van der Waals surface area (Å²) in [6, 6.07) is 4.18. The zero-order valence-corrected chi connectivity index (χ0v) is 11.2. The van der Waals surface area contributed by atoms with Crippen molar-refractivity contribution in [2.24, 2.45) is 0 Å². The number of carbonyl (C=O) groups is 2. The van der Waals surface area contributed by atoms with Crippen LogP contribution in [0, 0.1) is 0 Å². The SMILES string of the molecule is O=C(O)CCNC(=O)CCCCCc1cccs1. The Morgan fingerprint density at radius 1 is 1.22 bits per heavy atom. The summed E-state index contributed by atoms with van der Waals surface area (Å²) in [5.41, 5.74) is 0. The summed E-state index contributed by atoms with van der Waals surface area (Å²) in [6.45, 7) is 0.226. The van der Waals surface area contributed by atoms with Crippen LogP contribution < -0.4 is 5.32 Å². The maximum Gasteiger partial charge on any atom is 0.305 e. The van der Waals surface area contributed by atoms with Gasteiger partial charge in [0.15, 0.2) is 0 Å². The first-order valence-electron chi connectivity index (χ1n) is 6.19. The smallest absolute Gasteiger partial charge is 0.305 e. The van der Waals surface area contributed by atoms with Crippen molar-refractivity contribution in [2.75, 3.05) is 6.54 Å². The van der Waals surface area contributed by atoms with E-state index in [1.807, 2.05) is 0 Å². The lowest BCUT2D eigenvalue weighted by Crippen LogP contribution is -2.25. The molecule has 100 valence electrons. The summed E-state index contributed by atoms with van der Waals surface area (Å²) in [4.78, 5) is 22.9. The van der Waals surface area contributed by atoms with E-state index in [4.69, 9.17) is 5.11 Å². The van der Waals surface area contributed by atoms with Gasteiger partial charge in [0, 0.05) is 17.8 Å². The number of thiophene rings is 1. The van der Waals surface area contributed by atoms with Gasteiger partial charge >= 0.3 is 5.97 Å². The van der Waals surface area contributed by atoms with E-state index in [9.17, 15) is 9.59 Å². The molecule has 2 N–H and O–H groups in total. The van der Waals surface area contributed by atoms with E-state index in [1.54, 1.807) is 11.3 Å². The first kappa shape index (κ1) is 14.7. The van der Waals surface area contributed by atoms with Crippen LogP contribution >= 0.6 is 11.3 Å². The summed E-state index contributed by atoms with van der Waals surface area (Å²) < 4.78 is 0. The summed E-state index contributed by atoms with van der Waals surface area (Å²) in [5, 5.41) is 13.1. The van der Waals surface area contributed by atoms with E-state index in [0.717, 1.165) is 25.7 Å². The average Bonchev–Trinajstić information content (AvgIpc) is 2.81. The van der Waals surface area contributed by atoms with Crippen molar-refractivity contribution < 1.29 is 14.7 Å². The number of hydrogen-bond donors (Lipinski definition) is 2. The van der Waals surface area contributed by atoms with Gasteiger partial charge < -0.3 is 10.4 Å². The third kappa shape index (κ3) is 7.06. The van der Waals surface area contributed by atoms with Crippen LogP contribution in [0.4, 0.5) is 0 Å². The molecule has 0 unspecified atom stereocenters. The molecular weight excluding hydrogens is 250 g/mol. The molecule has 0 aliphatic heterocycles. The van der Waals surface area contributed by atoms with Crippen LogP contribution in [-0.4, -0.2) is 23.5 Å². The molecule has 0 saturated heterocycles. The van der Waals surface area contributed by atoms with Crippen LogP contribution in [0.1, 0.15) is 37.0 Å². The van der Waals surface area contributed by atoms with Crippen LogP contribution in [0.25, 0.3) is 0 Å². The monoisotopic (exact) mass is 269 g/mol. The van der Waals surface area contributed by atoms with E-state index in [-0.39, 0.29) is 18.9 Å². The molecule has 0 bridgehead atoms. The van der Waals surface area contributed by atoms with Gasteiger partial charge in [0.1, 0.15) is 0 Å². The fraction of sp³-hybridized carbons (Fsp3) is 0.538. The Morgan fingerprint density at radius 3 is 2.72 bits per heavy atom. The number of nitrogens with one attached hydrogen (secondary N) is 1. The van der Waals surface area contributed by atoms with Crippen molar-refractivity contribution >= 4 is 23.2 Å². The van der Waals surface area contributed by atoms with Crippen LogP contribution in [0.15, 0.2) is 17.5 Å². The fourth-order valence-electron chi connectivity index (χ4n) is 1.61. The van der Waals surface area contributed by atoms with Crippen LogP contribution in [0.5, 0.6) is 0 Å². The summed E-state index contributed by atoms with van der Waals surface area (Å²) in [7, 11) is 0. The Labute approximate surface area is 111 Å². The average molecular weight is 269 g/mol. The Balaban J connectivity index is 1.94. The first-order valence-corrected chi connectivity index (χ1v) is 7.07. The molecule has 1 amide bonds. The van der Waals surface area contributed by atoms with Gasteiger partial charge in [-0.25, -0.2) is 0 Å². The molecule has 0 saturated carbocycles. The first-order chi connectivity index (χ1) is 8.68. The van der Waals surface area contributed by atoms with Crippen LogP contribution in [0.3, 0.4) is 0 Å². The molecule has 1 aromatic heterocycles. The molecule has 1 heterocycles. The standard InChI is InChI=1S/C13H19NO3S/c15-12(14-9-8-13(16)17)7-3-1-2-5-11-6-4-10-18-11/h4,6,10H,1-3,5,7-9H2,(H,14,15)(H,16,17). The van der Waals surface area contributed by atoms with Crippen molar-refractivity contribution in [1.82, 2.24) is 5.32 Å². The molecular formula is C13H19NO3S. The van der Waals surface area contributed by atoms with Gasteiger partial charge in [0.2, 0.25) is 5.91 Å². The minimum atomic E-state index is -0.883. The highest BCUT2D eigenvalue weighted by atomic mass is 32.1. The molecule has 1 aromatic rings. The van der Waals surface area contributed by atoms with E-state index in [1.165, 1.54) is 4.88 Å². The maximum atomic E-state index is 11.3. The number of amides is 1. The van der Waals surface area contributed by atoms with Gasteiger partial charge in [-0.1, -0.05) is 12.5 Å². The quantitative estimate of drug-likeness (QED) is 0.677. The normalized spacial score (nSPS) is 10.2. The molecule has 0 radical (unpaired) electrons. The second kappa shape index (κ2) is 8.69. The Kier molecular flexibility index (Phi) is 7.10. The zero-order chi connectivity index (χ0) is 13.2. The lowest BCUT2D eigenvalue weighted by Gasteiger charge is -2.03. The second-order valence-electron chi connectivity index (χ2n) is 4.13. The molecule has 4 nitrogen and oxygen atoms in total. The lowest BCUT2D eigenvalue weighted by atomic mass is 10.1. The summed E-state index contributed by atoms with van der Waals surface area (Å²) in [5.74, 6) is -0.932. The molecule has 5 heteroatoms. The topological polar surface area (TPSA) is 66.4 Å².